The second kappa shape index (κ2) is 9.91. The van der Waals surface area contributed by atoms with Gasteiger partial charge in [-0.3, -0.25) is 9.69 Å². The summed E-state index contributed by atoms with van der Waals surface area (Å²) in [6.45, 7) is 5.28. The number of fused-ring (bicyclic) bond motifs is 1. The van der Waals surface area contributed by atoms with Crippen LogP contribution >= 0.6 is 11.3 Å². The van der Waals surface area contributed by atoms with Crippen molar-refractivity contribution in [1.82, 2.24) is 14.5 Å². The summed E-state index contributed by atoms with van der Waals surface area (Å²) in [6, 6.07) is 12.6. The van der Waals surface area contributed by atoms with Crippen molar-refractivity contribution in [2.24, 2.45) is 0 Å². The Kier molecular flexibility index (Phi) is 6.80. The van der Waals surface area contributed by atoms with Gasteiger partial charge in [-0.15, -0.1) is 0 Å². The van der Waals surface area contributed by atoms with Crippen molar-refractivity contribution < 1.29 is 13.9 Å². The Morgan fingerprint density at radius 3 is 2.72 bits per heavy atom. The average molecular weight is 453 g/mol. The monoisotopic (exact) mass is 452 g/mol. The first-order chi connectivity index (χ1) is 15.5. The zero-order valence-corrected chi connectivity index (χ0v) is 18.9. The fraction of sp³-hybridized carbons (Fsp3) is 0.292. The largest absolute Gasteiger partial charge is 0.484 e. The van der Waals surface area contributed by atoms with Gasteiger partial charge in [-0.25, -0.2) is 14.4 Å². The van der Waals surface area contributed by atoms with Crippen LogP contribution in [0.3, 0.4) is 0 Å². The van der Waals surface area contributed by atoms with E-state index in [1.165, 1.54) is 23.0 Å². The first kappa shape index (κ1) is 22.0. The number of imidazole rings is 1. The molecule has 0 radical (unpaired) electrons. The number of para-hydroxylation sites is 1. The van der Waals surface area contributed by atoms with Gasteiger partial charge in [0.1, 0.15) is 17.1 Å². The lowest BCUT2D eigenvalue weighted by atomic mass is 10.0. The summed E-state index contributed by atoms with van der Waals surface area (Å²) < 4.78 is 22.6. The number of aromatic nitrogens is 3. The van der Waals surface area contributed by atoms with Gasteiger partial charge in [-0.05, 0) is 42.2 Å². The summed E-state index contributed by atoms with van der Waals surface area (Å²) in [5.74, 6) is 0.452. The molecule has 2 heterocycles. The van der Waals surface area contributed by atoms with E-state index in [2.05, 4.69) is 23.8 Å². The van der Waals surface area contributed by atoms with Crippen LogP contribution in [0.5, 0.6) is 5.75 Å². The Labute approximate surface area is 190 Å². The number of carbonyl (C=O) groups excluding carboxylic acids is 1. The van der Waals surface area contributed by atoms with E-state index in [-0.39, 0.29) is 18.0 Å². The van der Waals surface area contributed by atoms with Gasteiger partial charge in [-0.2, -0.15) is 0 Å². The van der Waals surface area contributed by atoms with E-state index in [0.717, 1.165) is 0 Å². The summed E-state index contributed by atoms with van der Waals surface area (Å²) in [4.78, 5) is 23.1. The molecule has 0 aliphatic rings. The first-order valence-electron chi connectivity index (χ1n) is 10.5. The summed E-state index contributed by atoms with van der Waals surface area (Å²) in [7, 11) is 0. The molecular weight excluding hydrogens is 427 g/mol. The van der Waals surface area contributed by atoms with E-state index < -0.39 is 5.82 Å². The van der Waals surface area contributed by atoms with Crippen LogP contribution in [-0.2, 0) is 11.3 Å². The molecule has 2 aromatic carbocycles. The maximum Gasteiger partial charge on any atom is 0.266 e. The average Bonchev–Trinajstić information content (AvgIpc) is 3.46. The summed E-state index contributed by atoms with van der Waals surface area (Å²) in [6.07, 6.45) is 6.04. The number of hydrogen-bond donors (Lipinski definition) is 0. The van der Waals surface area contributed by atoms with E-state index in [1.54, 1.807) is 29.6 Å². The summed E-state index contributed by atoms with van der Waals surface area (Å²) in [5.41, 5.74) is 1.49. The highest BCUT2D eigenvalue weighted by Crippen LogP contribution is 2.30. The maximum absolute atomic E-state index is 14.2. The maximum atomic E-state index is 14.2. The topological polar surface area (TPSA) is 60.2 Å². The van der Waals surface area contributed by atoms with Crippen LogP contribution in [0.25, 0.3) is 10.2 Å². The van der Waals surface area contributed by atoms with Crippen molar-refractivity contribution in [2.45, 2.75) is 32.7 Å². The lowest BCUT2D eigenvalue weighted by Crippen LogP contribution is -2.36. The fourth-order valence-electron chi connectivity index (χ4n) is 3.35. The third kappa shape index (κ3) is 5.13. The molecule has 6 nitrogen and oxygen atoms in total. The number of anilines is 1. The van der Waals surface area contributed by atoms with Crippen LogP contribution in [0.2, 0.25) is 0 Å². The number of aryl methyl sites for hydroxylation is 1. The Hall–Kier alpha value is -3.26. The molecule has 166 valence electrons. The minimum absolute atomic E-state index is 0.121. The van der Waals surface area contributed by atoms with E-state index >= 15 is 0 Å². The number of amides is 1. The molecule has 4 rings (SSSR count). The second-order valence-electron chi connectivity index (χ2n) is 7.79. The van der Waals surface area contributed by atoms with Gasteiger partial charge in [0.15, 0.2) is 11.7 Å². The Morgan fingerprint density at radius 1 is 1.22 bits per heavy atom. The highest BCUT2D eigenvalue weighted by atomic mass is 32.1. The van der Waals surface area contributed by atoms with Gasteiger partial charge < -0.3 is 9.30 Å². The number of benzene rings is 2. The van der Waals surface area contributed by atoms with E-state index in [4.69, 9.17) is 4.74 Å². The first-order valence-corrected chi connectivity index (χ1v) is 11.4. The van der Waals surface area contributed by atoms with Crippen molar-refractivity contribution >= 4 is 32.6 Å². The van der Waals surface area contributed by atoms with Gasteiger partial charge in [0.25, 0.3) is 5.91 Å². The molecule has 0 N–H and O–H groups in total. The molecule has 0 fully saturated rings. The molecule has 4 aromatic rings. The van der Waals surface area contributed by atoms with Crippen molar-refractivity contribution in [3.05, 3.63) is 72.6 Å². The van der Waals surface area contributed by atoms with Crippen LogP contribution in [0.4, 0.5) is 9.52 Å². The SMILES string of the molecule is CC(C)c1ccc(OCC(=O)N(CCCn2ccnc2)c2nc3c(F)cccc3s2)cc1. The van der Waals surface area contributed by atoms with E-state index in [0.29, 0.717) is 41.0 Å². The van der Waals surface area contributed by atoms with Crippen molar-refractivity contribution in [3.8, 4) is 5.75 Å². The standard InChI is InChI=1S/C24H25FN4O2S/c1-17(2)18-7-9-19(10-8-18)31-15-22(30)29(13-4-12-28-14-11-26-16-28)24-27-23-20(25)5-3-6-21(23)32-24/h3,5-11,14,16-17H,4,12-13,15H2,1-2H3. The Morgan fingerprint density at radius 2 is 2.03 bits per heavy atom. The predicted octanol–water partition coefficient (Wildman–Crippen LogP) is 5.26. The number of thiazole rings is 1. The smallest absolute Gasteiger partial charge is 0.266 e. The van der Waals surface area contributed by atoms with Crippen LogP contribution in [0.1, 0.15) is 31.7 Å². The van der Waals surface area contributed by atoms with Crippen LogP contribution < -0.4 is 9.64 Å². The summed E-state index contributed by atoms with van der Waals surface area (Å²) >= 11 is 1.30. The molecule has 1 amide bonds. The molecule has 0 aliphatic heterocycles. The molecule has 32 heavy (non-hydrogen) atoms. The van der Waals surface area contributed by atoms with Gasteiger partial charge in [0.2, 0.25) is 0 Å². The fourth-order valence-corrected chi connectivity index (χ4v) is 4.37. The number of nitrogens with zero attached hydrogens (tertiary/aromatic N) is 4. The van der Waals surface area contributed by atoms with Crippen molar-refractivity contribution in [1.29, 1.82) is 0 Å². The van der Waals surface area contributed by atoms with Crippen LogP contribution in [0.15, 0.2) is 61.2 Å². The van der Waals surface area contributed by atoms with Crippen LogP contribution in [0, 0.1) is 5.82 Å². The number of ether oxygens (including phenoxy) is 1. The van der Waals surface area contributed by atoms with E-state index in [9.17, 15) is 9.18 Å². The molecule has 0 spiro atoms. The highest BCUT2D eigenvalue weighted by Gasteiger charge is 2.21. The molecule has 8 heteroatoms. The zero-order valence-electron chi connectivity index (χ0n) is 18.1. The molecule has 0 saturated heterocycles. The lowest BCUT2D eigenvalue weighted by Gasteiger charge is -2.20. The second-order valence-corrected chi connectivity index (χ2v) is 8.80. The Bertz CT molecular complexity index is 1170. The van der Waals surface area contributed by atoms with Gasteiger partial charge in [0, 0.05) is 25.5 Å². The molecular formula is C24H25FN4O2S. The molecule has 0 atom stereocenters. The van der Waals surface area contributed by atoms with Gasteiger partial charge >= 0.3 is 0 Å². The molecule has 0 saturated carbocycles. The minimum Gasteiger partial charge on any atom is -0.484 e. The predicted molar refractivity (Wildman–Crippen MR) is 125 cm³/mol. The number of hydrogen-bond acceptors (Lipinski definition) is 5. The Balaban J connectivity index is 1.49. The number of carbonyl (C=O) groups is 1. The summed E-state index contributed by atoms with van der Waals surface area (Å²) in [5, 5.41) is 0.472. The van der Waals surface area contributed by atoms with Crippen molar-refractivity contribution in [2.75, 3.05) is 18.1 Å². The van der Waals surface area contributed by atoms with Gasteiger partial charge in [0.05, 0.1) is 11.0 Å². The molecule has 0 bridgehead atoms. The minimum atomic E-state index is -0.391. The third-order valence-electron chi connectivity index (χ3n) is 5.16. The molecule has 0 unspecified atom stereocenters. The molecule has 0 aliphatic carbocycles. The number of rotatable bonds is 9. The van der Waals surface area contributed by atoms with E-state index in [1.807, 2.05) is 35.0 Å². The van der Waals surface area contributed by atoms with Gasteiger partial charge in [-0.1, -0.05) is 43.4 Å². The number of halogens is 1. The van der Waals surface area contributed by atoms with Crippen LogP contribution in [-0.4, -0.2) is 33.6 Å². The molecule has 2 aromatic heterocycles. The highest BCUT2D eigenvalue weighted by molar-refractivity contribution is 7.22. The quantitative estimate of drug-likeness (QED) is 0.348. The van der Waals surface area contributed by atoms with Crippen molar-refractivity contribution in [3.63, 3.8) is 0 Å². The lowest BCUT2D eigenvalue weighted by molar-refractivity contribution is -0.120. The normalized spacial score (nSPS) is 11.2. The third-order valence-corrected chi connectivity index (χ3v) is 6.20. The zero-order chi connectivity index (χ0) is 22.5.